The van der Waals surface area contributed by atoms with Crippen LogP contribution in [0.4, 0.5) is 0 Å². The maximum atomic E-state index is 11.7. The Morgan fingerprint density at radius 2 is 1.68 bits per heavy atom. The van der Waals surface area contributed by atoms with E-state index in [9.17, 15) is 4.79 Å². The van der Waals surface area contributed by atoms with Gasteiger partial charge in [-0.05, 0) is 42.6 Å². The number of benzene rings is 2. The molecule has 0 bridgehead atoms. The van der Waals surface area contributed by atoms with Crippen LogP contribution in [0.2, 0.25) is 0 Å². The van der Waals surface area contributed by atoms with Gasteiger partial charge in [-0.1, -0.05) is 63.2 Å². The Morgan fingerprint density at radius 3 is 2.25 bits per heavy atom. The Hall–Kier alpha value is -2.33. The Kier molecular flexibility index (Phi) is 8.06. The smallest absolute Gasteiger partial charge is 0.320 e. The summed E-state index contributed by atoms with van der Waals surface area (Å²) in [5.74, 6) is 0.662. The average molecular weight is 384 g/mol. The zero-order valence-electron chi connectivity index (χ0n) is 17.8. The van der Waals surface area contributed by atoms with Crippen molar-refractivity contribution < 1.29 is 14.3 Å². The van der Waals surface area contributed by atoms with Gasteiger partial charge < -0.3 is 9.47 Å². The third-order valence-electron chi connectivity index (χ3n) is 4.65. The minimum atomic E-state index is -0.194. The van der Waals surface area contributed by atoms with Gasteiger partial charge in [0, 0.05) is 13.0 Å². The Bertz CT molecular complexity index is 720. The second kappa shape index (κ2) is 10.3. The molecule has 0 fully saturated rings. The highest BCUT2D eigenvalue weighted by atomic mass is 16.5. The highest BCUT2D eigenvalue weighted by Gasteiger charge is 2.17. The fraction of sp³-hybridized carbons (Fsp3) is 0.458. The van der Waals surface area contributed by atoms with Gasteiger partial charge in [-0.2, -0.15) is 0 Å². The van der Waals surface area contributed by atoms with Crippen LogP contribution >= 0.6 is 0 Å². The number of hydrogen-bond donors (Lipinski definition) is 0. The maximum absolute atomic E-state index is 11.7. The van der Waals surface area contributed by atoms with Gasteiger partial charge in [0.2, 0.25) is 0 Å². The van der Waals surface area contributed by atoms with E-state index in [1.54, 1.807) is 0 Å². The van der Waals surface area contributed by atoms with Crippen LogP contribution in [-0.4, -0.2) is 37.6 Å². The lowest BCUT2D eigenvalue weighted by Gasteiger charge is -2.24. The molecule has 2 rings (SSSR count). The zero-order valence-corrected chi connectivity index (χ0v) is 17.8. The number of likely N-dealkylation sites (N-methyl/N-ethyl adjacent to an activating group) is 1. The average Bonchev–Trinajstić information content (AvgIpc) is 2.65. The predicted octanol–water partition coefficient (Wildman–Crippen LogP) is 4.99. The molecule has 1 unspecified atom stereocenters. The van der Waals surface area contributed by atoms with E-state index in [1.807, 2.05) is 49.2 Å². The highest BCUT2D eigenvalue weighted by molar-refractivity contribution is 5.71. The first-order valence-electron chi connectivity index (χ1n) is 9.96. The van der Waals surface area contributed by atoms with Crippen LogP contribution in [0, 0.1) is 0 Å². The van der Waals surface area contributed by atoms with Crippen molar-refractivity contribution in [1.82, 2.24) is 4.90 Å². The molecule has 0 heterocycles. The molecule has 1 atom stereocenters. The fourth-order valence-corrected chi connectivity index (χ4v) is 3.00. The standard InChI is InChI=1S/C24H33NO3/c1-6-27-23(26)18-25(5)17-16-22(19-10-8-7-9-11-19)28-21-14-12-20(13-15-21)24(2,3)4/h7-15,22H,6,16-18H2,1-5H3. The third kappa shape index (κ3) is 7.01. The molecular weight excluding hydrogens is 350 g/mol. The summed E-state index contributed by atoms with van der Waals surface area (Å²) in [6.07, 6.45) is 0.701. The van der Waals surface area contributed by atoms with E-state index in [-0.39, 0.29) is 24.0 Å². The summed E-state index contributed by atoms with van der Waals surface area (Å²) >= 11 is 0. The van der Waals surface area contributed by atoms with Crippen LogP contribution in [-0.2, 0) is 14.9 Å². The van der Waals surface area contributed by atoms with Gasteiger partial charge in [0.1, 0.15) is 11.9 Å². The van der Waals surface area contributed by atoms with E-state index in [2.05, 4.69) is 45.0 Å². The van der Waals surface area contributed by atoms with E-state index >= 15 is 0 Å². The topological polar surface area (TPSA) is 38.8 Å². The molecule has 152 valence electrons. The largest absolute Gasteiger partial charge is 0.486 e. The van der Waals surface area contributed by atoms with E-state index < -0.39 is 0 Å². The number of carbonyl (C=O) groups excluding carboxylic acids is 1. The van der Waals surface area contributed by atoms with Crippen LogP contribution < -0.4 is 4.74 Å². The van der Waals surface area contributed by atoms with Crippen molar-refractivity contribution in [3.63, 3.8) is 0 Å². The summed E-state index contributed by atoms with van der Waals surface area (Å²) in [4.78, 5) is 13.6. The van der Waals surface area contributed by atoms with Crippen LogP contribution in [0.3, 0.4) is 0 Å². The quantitative estimate of drug-likeness (QED) is 0.572. The molecule has 0 saturated heterocycles. The van der Waals surface area contributed by atoms with Crippen LogP contribution in [0.25, 0.3) is 0 Å². The van der Waals surface area contributed by atoms with Gasteiger partial charge in [0.25, 0.3) is 0 Å². The van der Waals surface area contributed by atoms with Crippen molar-refractivity contribution in [3.05, 3.63) is 65.7 Å². The molecule has 0 spiro atoms. The van der Waals surface area contributed by atoms with E-state index in [1.165, 1.54) is 5.56 Å². The van der Waals surface area contributed by atoms with Crippen molar-refractivity contribution in [2.45, 2.75) is 45.6 Å². The third-order valence-corrected chi connectivity index (χ3v) is 4.65. The lowest BCUT2D eigenvalue weighted by atomic mass is 9.87. The molecule has 0 saturated carbocycles. The minimum absolute atomic E-state index is 0.0775. The molecule has 0 aromatic heterocycles. The van der Waals surface area contributed by atoms with Crippen LogP contribution in [0.1, 0.15) is 51.3 Å². The second-order valence-corrected chi connectivity index (χ2v) is 8.12. The van der Waals surface area contributed by atoms with Crippen molar-refractivity contribution in [2.75, 3.05) is 26.7 Å². The van der Waals surface area contributed by atoms with Crippen molar-refractivity contribution in [2.24, 2.45) is 0 Å². The van der Waals surface area contributed by atoms with Crippen LogP contribution in [0.5, 0.6) is 5.75 Å². The molecule has 0 aliphatic rings. The Labute approximate surface area is 169 Å². The predicted molar refractivity (Wildman–Crippen MR) is 114 cm³/mol. The van der Waals surface area contributed by atoms with E-state index in [0.717, 1.165) is 24.3 Å². The van der Waals surface area contributed by atoms with Crippen molar-refractivity contribution >= 4 is 5.97 Å². The Balaban J connectivity index is 2.05. The minimum Gasteiger partial charge on any atom is -0.486 e. The molecule has 2 aromatic carbocycles. The summed E-state index contributed by atoms with van der Waals surface area (Å²) in [5, 5.41) is 0. The number of hydrogen-bond acceptors (Lipinski definition) is 4. The molecular formula is C24H33NO3. The molecule has 0 aliphatic heterocycles. The summed E-state index contributed by atoms with van der Waals surface area (Å²) in [6.45, 7) is 9.86. The number of rotatable bonds is 9. The summed E-state index contributed by atoms with van der Waals surface area (Å²) in [7, 11) is 1.93. The monoisotopic (exact) mass is 383 g/mol. The molecule has 4 heteroatoms. The SMILES string of the molecule is CCOC(=O)CN(C)CCC(Oc1ccc(C(C)(C)C)cc1)c1ccccc1. The molecule has 28 heavy (non-hydrogen) atoms. The van der Waals surface area contributed by atoms with Gasteiger partial charge in [0.05, 0.1) is 13.2 Å². The summed E-state index contributed by atoms with van der Waals surface area (Å²) in [5.41, 5.74) is 2.53. The number of carbonyl (C=O) groups is 1. The fourth-order valence-electron chi connectivity index (χ4n) is 3.00. The van der Waals surface area contributed by atoms with Crippen molar-refractivity contribution in [1.29, 1.82) is 0 Å². The van der Waals surface area contributed by atoms with Gasteiger partial charge in [-0.15, -0.1) is 0 Å². The first-order valence-corrected chi connectivity index (χ1v) is 9.96. The normalized spacial score (nSPS) is 12.6. The molecule has 0 N–H and O–H groups in total. The van der Waals surface area contributed by atoms with Gasteiger partial charge in [0.15, 0.2) is 0 Å². The molecule has 0 aliphatic carbocycles. The maximum Gasteiger partial charge on any atom is 0.320 e. The second-order valence-electron chi connectivity index (χ2n) is 8.12. The van der Waals surface area contributed by atoms with E-state index in [0.29, 0.717) is 6.61 Å². The lowest BCUT2D eigenvalue weighted by molar-refractivity contribution is -0.144. The lowest BCUT2D eigenvalue weighted by Crippen LogP contribution is -2.29. The van der Waals surface area contributed by atoms with E-state index in [4.69, 9.17) is 9.47 Å². The molecule has 0 amide bonds. The zero-order chi connectivity index (χ0) is 20.6. The van der Waals surface area contributed by atoms with Gasteiger partial charge in [-0.3, -0.25) is 9.69 Å². The first-order chi connectivity index (χ1) is 13.3. The van der Waals surface area contributed by atoms with Gasteiger partial charge in [-0.25, -0.2) is 0 Å². The van der Waals surface area contributed by atoms with Crippen molar-refractivity contribution in [3.8, 4) is 5.75 Å². The number of nitrogens with zero attached hydrogens (tertiary/aromatic N) is 1. The Morgan fingerprint density at radius 1 is 1.04 bits per heavy atom. The number of ether oxygens (including phenoxy) is 2. The first kappa shape index (κ1) is 22.0. The highest BCUT2D eigenvalue weighted by Crippen LogP contribution is 2.28. The van der Waals surface area contributed by atoms with Gasteiger partial charge >= 0.3 is 5.97 Å². The number of esters is 1. The molecule has 2 aromatic rings. The molecule has 0 radical (unpaired) electrons. The van der Waals surface area contributed by atoms with Crippen LogP contribution in [0.15, 0.2) is 54.6 Å². The summed E-state index contributed by atoms with van der Waals surface area (Å²) in [6, 6.07) is 18.6. The molecule has 4 nitrogen and oxygen atoms in total. The summed E-state index contributed by atoms with van der Waals surface area (Å²) < 4.78 is 11.4.